The van der Waals surface area contributed by atoms with Crippen LogP contribution in [0.1, 0.15) is 60.3 Å². The molecule has 3 unspecified atom stereocenters. The summed E-state index contributed by atoms with van der Waals surface area (Å²) in [4.78, 5) is 21.6. The van der Waals surface area contributed by atoms with Gasteiger partial charge in [0.1, 0.15) is 0 Å². The van der Waals surface area contributed by atoms with Gasteiger partial charge in [0, 0.05) is 30.9 Å². The van der Waals surface area contributed by atoms with Crippen molar-refractivity contribution in [3.05, 3.63) is 59.8 Å². The Morgan fingerprint density at radius 2 is 1.49 bits per heavy atom. The van der Waals surface area contributed by atoms with Crippen LogP contribution in [0.25, 0.3) is 0 Å². The minimum atomic E-state index is -1.04. The van der Waals surface area contributed by atoms with Crippen LogP contribution in [0.5, 0.6) is 0 Å². The zero-order chi connectivity index (χ0) is 26.2. The van der Waals surface area contributed by atoms with E-state index in [4.69, 9.17) is 19.7 Å². The molecule has 2 fully saturated rings. The van der Waals surface area contributed by atoms with Gasteiger partial charge in [-0.25, -0.2) is 9.59 Å². The Hall–Kier alpha value is -2.48. The van der Waals surface area contributed by atoms with Gasteiger partial charge in [0.15, 0.2) is 5.79 Å². The van der Waals surface area contributed by atoms with Crippen LogP contribution in [-0.2, 0) is 19.1 Å². The van der Waals surface area contributed by atoms with E-state index in [2.05, 4.69) is 19.9 Å². The molecule has 2 saturated heterocycles. The number of carbonyl (C=O) groups is 2. The molecule has 0 aliphatic carbocycles. The molecule has 2 aliphatic heterocycles. The molecule has 7 nitrogen and oxygen atoms in total. The summed E-state index contributed by atoms with van der Waals surface area (Å²) in [6.45, 7) is 9.75. The standard InChI is InChI=1S/C28H40O7/c1-18(6-9-23(29)20(3)8-11-26(30)31)16-25-22(5)13-15-28(35-25)14-12-21(4)24(34-28)10-7-19(2)17-27(32)33/h6-11,16-17,20-25,29H,12-15H2,1-5H3,(H,30,31)(H,32,33)/b9-6+,10-7+,11-8+,18-16+,19-17+/t20?,21-,22+,23?,24-,25+,28?/m0/s1. The van der Waals surface area contributed by atoms with Crippen molar-refractivity contribution in [2.45, 2.75) is 84.4 Å². The van der Waals surface area contributed by atoms with Gasteiger partial charge >= 0.3 is 11.9 Å². The fourth-order valence-corrected chi connectivity index (χ4v) is 4.35. The molecule has 2 heterocycles. The number of carboxylic acids is 2. The fraction of sp³-hybridized carbons (Fsp3) is 0.571. The lowest BCUT2D eigenvalue weighted by atomic mass is 9.84. The summed E-state index contributed by atoms with van der Waals surface area (Å²) >= 11 is 0. The Kier molecular flexibility index (Phi) is 10.7. The molecular weight excluding hydrogens is 448 g/mol. The van der Waals surface area contributed by atoms with E-state index in [1.54, 1.807) is 26.0 Å². The summed E-state index contributed by atoms with van der Waals surface area (Å²) in [5.74, 6) is -2.38. The van der Waals surface area contributed by atoms with Gasteiger partial charge in [0.05, 0.1) is 18.3 Å². The highest BCUT2D eigenvalue weighted by molar-refractivity contribution is 5.81. The summed E-state index contributed by atoms with van der Waals surface area (Å²) < 4.78 is 13.0. The van der Waals surface area contributed by atoms with Crippen molar-refractivity contribution in [3.63, 3.8) is 0 Å². The van der Waals surface area contributed by atoms with E-state index in [1.807, 2.05) is 19.1 Å². The molecule has 0 radical (unpaired) electrons. The molecule has 0 amide bonds. The first-order chi connectivity index (χ1) is 16.4. The Morgan fingerprint density at radius 1 is 0.886 bits per heavy atom. The quantitative estimate of drug-likeness (QED) is 0.308. The highest BCUT2D eigenvalue weighted by Crippen LogP contribution is 2.43. The number of allylic oxidation sites excluding steroid dienone is 4. The molecule has 1 spiro atoms. The average molecular weight is 489 g/mol. The van der Waals surface area contributed by atoms with Gasteiger partial charge in [-0.3, -0.25) is 0 Å². The third kappa shape index (κ3) is 9.24. The molecule has 2 rings (SSSR count). The molecule has 0 aromatic rings. The van der Waals surface area contributed by atoms with Crippen molar-refractivity contribution < 1.29 is 34.4 Å². The van der Waals surface area contributed by atoms with E-state index in [1.165, 1.54) is 12.2 Å². The zero-order valence-corrected chi connectivity index (χ0v) is 21.4. The van der Waals surface area contributed by atoms with Gasteiger partial charge < -0.3 is 24.8 Å². The number of aliphatic hydroxyl groups excluding tert-OH is 1. The normalized spacial score (nSPS) is 32.5. The number of aliphatic carboxylic acids is 2. The second-order valence-corrected chi connectivity index (χ2v) is 10.0. The molecule has 194 valence electrons. The number of hydrogen-bond donors (Lipinski definition) is 3. The first-order valence-corrected chi connectivity index (χ1v) is 12.3. The predicted octanol–water partition coefficient (Wildman–Crippen LogP) is 5.04. The van der Waals surface area contributed by atoms with Gasteiger partial charge in [-0.05, 0) is 44.1 Å². The molecule has 7 heteroatoms. The van der Waals surface area contributed by atoms with E-state index in [-0.39, 0.29) is 18.1 Å². The first-order valence-electron chi connectivity index (χ1n) is 12.3. The zero-order valence-electron chi connectivity index (χ0n) is 21.4. The van der Waals surface area contributed by atoms with Crippen molar-refractivity contribution in [1.82, 2.24) is 0 Å². The topological polar surface area (TPSA) is 113 Å². The van der Waals surface area contributed by atoms with Gasteiger partial charge in [0.25, 0.3) is 0 Å². The lowest BCUT2D eigenvalue weighted by molar-refractivity contribution is -0.316. The molecular formula is C28H40O7. The lowest BCUT2D eigenvalue weighted by Gasteiger charge is -2.48. The van der Waals surface area contributed by atoms with Crippen LogP contribution in [0.3, 0.4) is 0 Å². The van der Waals surface area contributed by atoms with Gasteiger partial charge in [-0.2, -0.15) is 0 Å². The van der Waals surface area contributed by atoms with Crippen molar-refractivity contribution >= 4 is 11.9 Å². The molecule has 3 N–H and O–H groups in total. The molecule has 7 atom stereocenters. The van der Waals surface area contributed by atoms with Crippen LogP contribution >= 0.6 is 0 Å². The highest BCUT2D eigenvalue weighted by Gasteiger charge is 2.45. The smallest absolute Gasteiger partial charge is 0.328 e. The SMILES string of the molecule is CC(/C=C/[C@@H]1OC2(CC[C@@H](C)[C@@H](/C=C(C)/C=C/C(O)C(C)/C=C/C(=O)O)O2)CC[C@@H]1C)=C\C(=O)O. The molecule has 2 aliphatic rings. The van der Waals surface area contributed by atoms with Gasteiger partial charge in [-0.1, -0.05) is 62.8 Å². The fourth-order valence-electron chi connectivity index (χ4n) is 4.35. The summed E-state index contributed by atoms with van der Waals surface area (Å²) in [6.07, 6.45) is 15.4. The first kappa shape index (κ1) is 28.8. The van der Waals surface area contributed by atoms with E-state index in [0.717, 1.165) is 37.3 Å². The number of rotatable bonds is 9. The summed E-state index contributed by atoms with van der Waals surface area (Å²) in [7, 11) is 0. The van der Waals surface area contributed by atoms with Crippen LogP contribution in [0.2, 0.25) is 0 Å². The highest BCUT2D eigenvalue weighted by atomic mass is 16.7. The number of ether oxygens (including phenoxy) is 2. The van der Waals surface area contributed by atoms with Crippen molar-refractivity contribution in [3.8, 4) is 0 Å². The van der Waals surface area contributed by atoms with Crippen LogP contribution in [0, 0.1) is 17.8 Å². The van der Waals surface area contributed by atoms with Crippen molar-refractivity contribution in [2.24, 2.45) is 17.8 Å². The monoisotopic (exact) mass is 488 g/mol. The Bertz CT molecular complexity index is 893. The number of aliphatic hydroxyl groups is 1. The predicted molar refractivity (Wildman–Crippen MR) is 135 cm³/mol. The molecule has 0 aromatic carbocycles. The minimum Gasteiger partial charge on any atom is -0.478 e. The summed E-state index contributed by atoms with van der Waals surface area (Å²) in [5, 5.41) is 27.9. The maximum atomic E-state index is 10.9. The number of carboxylic acid groups (broad SMARTS) is 2. The van der Waals surface area contributed by atoms with E-state index in [0.29, 0.717) is 17.4 Å². The van der Waals surface area contributed by atoms with E-state index in [9.17, 15) is 14.7 Å². The van der Waals surface area contributed by atoms with Crippen molar-refractivity contribution in [2.75, 3.05) is 0 Å². The molecule has 0 bridgehead atoms. The summed E-state index contributed by atoms with van der Waals surface area (Å²) in [6, 6.07) is 0. The Labute approximate surface area is 208 Å². The van der Waals surface area contributed by atoms with Crippen LogP contribution in [-0.4, -0.2) is 51.4 Å². The molecule has 35 heavy (non-hydrogen) atoms. The van der Waals surface area contributed by atoms with Crippen LogP contribution in [0.4, 0.5) is 0 Å². The maximum Gasteiger partial charge on any atom is 0.328 e. The second-order valence-electron chi connectivity index (χ2n) is 10.0. The van der Waals surface area contributed by atoms with Gasteiger partial charge in [0.2, 0.25) is 0 Å². The Morgan fingerprint density at radius 3 is 2.09 bits per heavy atom. The maximum absolute atomic E-state index is 10.9. The molecule has 0 aromatic heterocycles. The minimum absolute atomic E-state index is 0.137. The third-order valence-corrected chi connectivity index (χ3v) is 6.75. The van der Waals surface area contributed by atoms with Crippen LogP contribution < -0.4 is 0 Å². The summed E-state index contributed by atoms with van der Waals surface area (Å²) in [5.41, 5.74) is 1.60. The van der Waals surface area contributed by atoms with Crippen molar-refractivity contribution in [1.29, 1.82) is 0 Å². The third-order valence-electron chi connectivity index (χ3n) is 6.75. The van der Waals surface area contributed by atoms with Gasteiger partial charge in [-0.15, -0.1) is 0 Å². The number of hydrogen-bond acceptors (Lipinski definition) is 5. The second kappa shape index (κ2) is 13.0. The van der Waals surface area contributed by atoms with Crippen LogP contribution in [0.15, 0.2) is 59.8 Å². The van der Waals surface area contributed by atoms with E-state index >= 15 is 0 Å². The van der Waals surface area contributed by atoms with E-state index < -0.39 is 23.8 Å². The molecule has 0 saturated carbocycles. The lowest BCUT2D eigenvalue weighted by Crippen LogP contribution is -2.51. The average Bonchev–Trinajstić information content (AvgIpc) is 2.78. The Balaban J connectivity index is 2.09. The largest absolute Gasteiger partial charge is 0.478 e.